The molecule has 0 saturated carbocycles. The van der Waals surface area contributed by atoms with Gasteiger partial charge in [-0.3, -0.25) is 19.2 Å². The lowest BCUT2D eigenvalue weighted by Gasteiger charge is -2.25. The van der Waals surface area contributed by atoms with Crippen molar-refractivity contribution in [2.75, 3.05) is 12.0 Å². The molecule has 0 saturated heterocycles. The number of nitrogens with one attached hydrogen (secondary N) is 3. The number of carboxylic acids is 1. The quantitative estimate of drug-likeness (QED) is 0.186. The van der Waals surface area contributed by atoms with Crippen LogP contribution in [0, 0.1) is 5.92 Å². The van der Waals surface area contributed by atoms with E-state index in [-0.39, 0.29) is 25.2 Å². The maximum absolute atomic E-state index is 12.6. The minimum Gasteiger partial charge on any atom is -0.480 e. The number of carboxylic acid groups (broad SMARTS) is 1. The predicted molar refractivity (Wildman–Crippen MR) is 113 cm³/mol. The smallest absolute Gasteiger partial charge is 0.326 e. The van der Waals surface area contributed by atoms with Gasteiger partial charge in [0.05, 0.1) is 6.04 Å². The summed E-state index contributed by atoms with van der Waals surface area (Å²) in [5, 5.41) is 16.6. The van der Waals surface area contributed by atoms with Gasteiger partial charge in [-0.25, -0.2) is 4.79 Å². The number of carbonyl (C=O) groups is 5. The average molecular weight is 448 g/mol. The van der Waals surface area contributed by atoms with Crippen LogP contribution >= 0.6 is 11.8 Å². The first-order valence-corrected chi connectivity index (χ1v) is 11.0. The highest BCUT2D eigenvalue weighted by Gasteiger charge is 2.29. The summed E-state index contributed by atoms with van der Waals surface area (Å²) in [7, 11) is 0. The van der Waals surface area contributed by atoms with Gasteiger partial charge in [0.15, 0.2) is 0 Å². The van der Waals surface area contributed by atoms with Gasteiger partial charge >= 0.3 is 5.97 Å². The van der Waals surface area contributed by atoms with Crippen molar-refractivity contribution in [1.29, 1.82) is 0 Å². The summed E-state index contributed by atoms with van der Waals surface area (Å²) in [4.78, 5) is 59.1. The highest BCUT2D eigenvalue weighted by molar-refractivity contribution is 7.98. The zero-order chi connectivity index (χ0) is 23.4. The molecule has 0 aliphatic rings. The van der Waals surface area contributed by atoms with Crippen LogP contribution in [0.1, 0.15) is 40.0 Å². The number of hydrogen-bond donors (Lipinski definition) is 6. The number of carbonyl (C=O) groups excluding carboxylic acids is 4. The number of rotatable bonds is 14. The van der Waals surface area contributed by atoms with Crippen LogP contribution in [0.2, 0.25) is 0 Å². The summed E-state index contributed by atoms with van der Waals surface area (Å²) < 4.78 is 0. The molecule has 172 valence electrons. The Morgan fingerprint density at radius 3 is 2.00 bits per heavy atom. The molecule has 4 unspecified atom stereocenters. The van der Waals surface area contributed by atoms with Crippen molar-refractivity contribution in [2.45, 2.75) is 64.2 Å². The largest absolute Gasteiger partial charge is 0.480 e. The molecule has 0 heterocycles. The van der Waals surface area contributed by atoms with Crippen molar-refractivity contribution in [3.8, 4) is 0 Å². The van der Waals surface area contributed by atoms with E-state index < -0.39 is 53.8 Å². The average Bonchev–Trinajstić information content (AvgIpc) is 2.65. The van der Waals surface area contributed by atoms with Crippen molar-refractivity contribution >= 4 is 41.4 Å². The number of nitrogens with two attached hydrogens (primary N) is 2. The highest BCUT2D eigenvalue weighted by atomic mass is 32.2. The molecule has 0 aromatic heterocycles. The maximum Gasteiger partial charge on any atom is 0.326 e. The minimum atomic E-state index is -1.16. The lowest BCUT2D eigenvalue weighted by atomic mass is 10.0. The lowest BCUT2D eigenvalue weighted by Crippen LogP contribution is -2.57. The highest BCUT2D eigenvalue weighted by Crippen LogP contribution is 2.05. The summed E-state index contributed by atoms with van der Waals surface area (Å²) in [6.07, 6.45) is 2.05. The molecule has 0 radical (unpaired) electrons. The predicted octanol–water partition coefficient (Wildman–Crippen LogP) is -1.45. The zero-order valence-corrected chi connectivity index (χ0v) is 18.6. The van der Waals surface area contributed by atoms with Gasteiger partial charge in [-0.1, -0.05) is 13.8 Å². The second kappa shape index (κ2) is 13.8. The molecule has 4 atom stereocenters. The van der Waals surface area contributed by atoms with Gasteiger partial charge in [-0.15, -0.1) is 0 Å². The second-order valence-electron chi connectivity index (χ2n) is 7.25. The molecule has 0 aromatic carbocycles. The van der Waals surface area contributed by atoms with Gasteiger partial charge in [-0.05, 0) is 37.7 Å². The number of thioether (sulfide) groups is 1. The summed E-state index contributed by atoms with van der Waals surface area (Å²) in [5.41, 5.74) is 10.7. The van der Waals surface area contributed by atoms with Gasteiger partial charge in [0.2, 0.25) is 23.6 Å². The van der Waals surface area contributed by atoms with Crippen molar-refractivity contribution in [2.24, 2.45) is 17.4 Å². The zero-order valence-electron chi connectivity index (χ0n) is 17.8. The Morgan fingerprint density at radius 1 is 0.933 bits per heavy atom. The topological polar surface area (TPSA) is 194 Å². The summed E-state index contributed by atoms with van der Waals surface area (Å²) in [5.74, 6) is -3.40. The normalized spacial score (nSPS) is 14.9. The molecule has 8 N–H and O–H groups in total. The van der Waals surface area contributed by atoms with E-state index in [1.165, 1.54) is 18.7 Å². The molecule has 4 amide bonds. The van der Waals surface area contributed by atoms with Gasteiger partial charge in [0.25, 0.3) is 0 Å². The third-order valence-electron chi connectivity index (χ3n) is 4.26. The van der Waals surface area contributed by atoms with Gasteiger partial charge in [-0.2, -0.15) is 11.8 Å². The molecule has 0 aliphatic carbocycles. The molecule has 0 aromatic rings. The van der Waals surface area contributed by atoms with Crippen molar-refractivity contribution < 1.29 is 29.1 Å². The van der Waals surface area contributed by atoms with Crippen LogP contribution < -0.4 is 27.4 Å². The molecule has 12 heteroatoms. The van der Waals surface area contributed by atoms with Gasteiger partial charge in [0, 0.05) is 6.42 Å². The molecule has 11 nitrogen and oxygen atoms in total. The Balaban J connectivity index is 4.92. The Bertz CT molecular complexity index is 630. The third-order valence-corrected chi connectivity index (χ3v) is 4.91. The van der Waals surface area contributed by atoms with E-state index in [9.17, 15) is 29.1 Å². The molecular weight excluding hydrogens is 414 g/mol. The first-order chi connectivity index (χ1) is 13.9. The van der Waals surface area contributed by atoms with Crippen LogP contribution in [0.5, 0.6) is 0 Å². The fourth-order valence-electron chi connectivity index (χ4n) is 2.38. The van der Waals surface area contributed by atoms with Crippen molar-refractivity contribution in [1.82, 2.24) is 16.0 Å². The van der Waals surface area contributed by atoms with E-state index in [2.05, 4.69) is 16.0 Å². The first-order valence-electron chi connectivity index (χ1n) is 9.57. The number of primary amides is 1. The molecular formula is C18H33N5O6S. The van der Waals surface area contributed by atoms with Crippen LogP contribution in [-0.2, 0) is 24.0 Å². The Morgan fingerprint density at radius 2 is 1.53 bits per heavy atom. The fourth-order valence-corrected chi connectivity index (χ4v) is 2.85. The van der Waals surface area contributed by atoms with Crippen LogP contribution in [0.25, 0.3) is 0 Å². The number of aliphatic carboxylic acids is 1. The van der Waals surface area contributed by atoms with Crippen molar-refractivity contribution in [3.05, 3.63) is 0 Å². The molecule has 0 spiro atoms. The van der Waals surface area contributed by atoms with E-state index in [1.807, 2.05) is 6.26 Å². The minimum absolute atomic E-state index is 0.0407. The second-order valence-corrected chi connectivity index (χ2v) is 8.24. The molecule has 0 aliphatic heterocycles. The van der Waals surface area contributed by atoms with E-state index in [0.717, 1.165) is 0 Å². The molecule has 0 bridgehead atoms. The third kappa shape index (κ3) is 10.4. The lowest BCUT2D eigenvalue weighted by molar-refractivity contribution is -0.142. The Hall–Kier alpha value is -2.34. The van der Waals surface area contributed by atoms with Gasteiger partial charge in [0.1, 0.15) is 18.1 Å². The van der Waals surface area contributed by atoms with Crippen LogP contribution in [0.4, 0.5) is 0 Å². The molecule has 0 rings (SSSR count). The SMILES string of the molecule is CSCCC(NC(=O)C(C)NC(=O)C(NC(=O)C(N)CCC(N)=O)C(C)C)C(=O)O. The fraction of sp³-hybridized carbons (Fsp3) is 0.722. The van der Waals surface area contributed by atoms with Crippen LogP contribution in [0.15, 0.2) is 0 Å². The van der Waals surface area contributed by atoms with Crippen LogP contribution in [0.3, 0.4) is 0 Å². The maximum atomic E-state index is 12.6. The van der Waals surface area contributed by atoms with E-state index in [0.29, 0.717) is 5.75 Å². The van der Waals surface area contributed by atoms with E-state index in [1.54, 1.807) is 13.8 Å². The summed E-state index contributed by atoms with van der Waals surface area (Å²) >= 11 is 1.45. The van der Waals surface area contributed by atoms with E-state index in [4.69, 9.17) is 11.5 Å². The monoisotopic (exact) mass is 447 g/mol. The first kappa shape index (κ1) is 27.7. The Labute approximate surface area is 180 Å². The molecule has 30 heavy (non-hydrogen) atoms. The summed E-state index contributed by atoms with van der Waals surface area (Å²) in [6, 6.07) is -4.07. The molecule has 0 fully saturated rings. The van der Waals surface area contributed by atoms with E-state index >= 15 is 0 Å². The standard InChI is InChI=1S/C18H33N5O6S/c1-9(2)14(23-16(26)11(19)5-6-13(20)24)17(27)21-10(3)15(25)22-12(18(28)29)7-8-30-4/h9-12,14H,5-8,19H2,1-4H3,(H2,20,24)(H,21,27)(H,22,25)(H,23,26)(H,28,29). The summed E-state index contributed by atoms with van der Waals surface area (Å²) in [6.45, 7) is 4.82. The Kier molecular flexibility index (Phi) is 12.7. The van der Waals surface area contributed by atoms with Gasteiger partial charge < -0.3 is 32.5 Å². The van der Waals surface area contributed by atoms with Crippen molar-refractivity contribution in [3.63, 3.8) is 0 Å². The van der Waals surface area contributed by atoms with Crippen LogP contribution in [-0.4, -0.2) is 70.9 Å². The number of hydrogen-bond acceptors (Lipinski definition) is 7. The number of amides is 4.